The average Bonchev–Trinajstić information content (AvgIpc) is 3.09. The van der Waals surface area contributed by atoms with Crippen LogP contribution in [0.15, 0.2) is 29.3 Å². The highest BCUT2D eigenvalue weighted by molar-refractivity contribution is 7.18. The molecule has 0 atom stereocenters. The maximum absolute atomic E-state index is 9.38. The van der Waals surface area contributed by atoms with Crippen LogP contribution in [0.2, 0.25) is 0 Å². The lowest BCUT2D eigenvalue weighted by molar-refractivity contribution is 0.351. The quantitative estimate of drug-likeness (QED) is 0.537. The molecule has 0 aliphatic carbocycles. The highest BCUT2D eigenvalue weighted by atomic mass is 32.1. The van der Waals surface area contributed by atoms with Crippen LogP contribution in [-0.4, -0.2) is 33.7 Å². The van der Waals surface area contributed by atoms with Crippen LogP contribution in [0.25, 0.3) is 16.0 Å². The molecule has 0 unspecified atom stereocenters. The number of aromatic nitrogens is 2. The van der Waals surface area contributed by atoms with Crippen LogP contribution in [-0.2, 0) is 0 Å². The van der Waals surface area contributed by atoms with Gasteiger partial charge < -0.3 is 4.90 Å². The minimum absolute atomic E-state index is 0.613. The molecule has 0 N–H and O–H groups in total. The Labute approximate surface area is 132 Å². The molecular weight excluding hydrogens is 294 g/mol. The van der Waals surface area contributed by atoms with Gasteiger partial charge in [0.15, 0.2) is 15.7 Å². The molecule has 1 aliphatic rings. The fourth-order valence-electron chi connectivity index (χ4n) is 2.87. The van der Waals surface area contributed by atoms with Crippen molar-refractivity contribution >= 4 is 39.5 Å². The summed E-state index contributed by atoms with van der Waals surface area (Å²) in [6.45, 7) is 2.09. The third kappa shape index (κ3) is 2.14. The molecule has 3 heterocycles. The van der Waals surface area contributed by atoms with Crippen LogP contribution in [0.5, 0.6) is 0 Å². The van der Waals surface area contributed by atoms with Crippen molar-refractivity contribution < 1.29 is 0 Å². The Morgan fingerprint density at radius 2 is 2.05 bits per heavy atom. The summed E-state index contributed by atoms with van der Waals surface area (Å²) >= 11 is 1.39. The molecule has 0 spiro atoms. The maximum atomic E-state index is 9.38. The van der Waals surface area contributed by atoms with Crippen molar-refractivity contribution in [2.24, 2.45) is 4.99 Å². The number of aliphatic imine (C=N–C) groups is 1. The molecule has 1 fully saturated rings. The Morgan fingerprint density at radius 3 is 2.86 bits per heavy atom. The Kier molecular flexibility index (Phi) is 3.28. The van der Waals surface area contributed by atoms with Gasteiger partial charge in [-0.25, -0.2) is 9.98 Å². The molecule has 1 aromatic carbocycles. The van der Waals surface area contributed by atoms with E-state index in [-0.39, 0.29) is 0 Å². The van der Waals surface area contributed by atoms with E-state index in [1.807, 2.05) is 35.0 Å². The number of hydrogen-bond donors (Lipinski definition) is 0. The number of nitrogens with zero attached hydrogens (tertiary/aromatic N) is 5. The van der Waals surface area contributed by atoms with Gasteiger partial charge in [0.1, 0.15) is 6.07 Å². The summed E-state index contributed by atoms with van der Waals surface area (Å²) in [6.07, 6.45) is 5.60. The van der Waals surface area contributed by atoms with Gasteiger partial charge >= 0.3 is 0 Å². The number of nitriles is 1. The Balaban J connectivity index is 1.83. The number of fused-ring (bicyclic) bond motifs is 3. The molecule has 6 heteroatoms. The molecule has 1 aliphatic heterocycles. The van der Waals surface area contributed by atoms with E-state index in [1.54, 1.807) is 0 Å². The number of imidazole rings is 1. The van der Waals surface area contributed by atoms with Gasteiger partial charge in [0.25, 0.3) is 0 Å². The van der Waals surface area contributed by atoms with Gasteiger partial charge in [0.05, 0.1) is 17.4 Å². The molecule has 0 bridgehead atoms. The summed E-state index contributed by atoms with van der Waals surface area (Å²) in [5.41, 5.74) is 1.94. The fourth-order valence-corrected chi connectivity index (χ4v) is 3.76. The number of thiazole rings is 1. The molecular formula is C16H15N5S. The Hall–Kier alpha value is -2.39. The number of likely N-dealkylation sites (tertiary alicyclic amines) is 1. The van der Waals surface area contributed by atoms with Gasteiger partial charge in [-0.3, -0.25) is 4.40 Å². The third-order valence-electron chi connectivity index (χ3n) is 3.97. The van der Waals surface area contributed by atoms with Crippen molar-refractivity contribution in [3.63, 3.8) is 0 Å². The van der Waals surface area contributed by atoms with Crippen molar-refractivity contribution in [3.05, 3.63) is 29.1 Å². The standard InChI is InChI=1S/C16H15N5S/c17-10-14-15(18-11-20-8-4-1-5-9-20)21-13-7-3-2-6-12(13)19-16(21)22-14/h2-3,6-7,11H,1,4-5,8-9H2/b18-11+. The summed E-state index contributed by atoms with van der Waals surface area (Å²) < 4.78 is 1.99. The van der Waals surface area contributed by atoms with Crippen molar-refractivity contribution in [2.75, 3.05) is 13.1 Å². The maximum Gasteiger partial charge on any atom is 0.197 e. The highest BCUT2D eigenvalue weighted by Crippen LogP contribution is 2.32. The van der Waals surface area contributed by atoms with Crippen LogP contribution >= 0.6 is 11.3 Å². The van der Waals surface area contributed by atoms with Crippen molar-refractivity contribution in [1.82, 2.24) is 14.3 Å². The molecule has 5 nitrogen and oxygen atoms in total. The lowest BCUT2D eigenvalue weighted by Crippen LogP contribution is -2.28. The smallest absolute Gasteiger partial charge is 0.197 e. The zero-order valence-electron chi connectivity index (χ0n) is 12.1. The van der Waals surface area contributed by atoms with Crippen LogP contribution in [0.3, 0.4) is 0 Å². The summed E-state index contributed by atoms with van der Waals surface area (Å²) in [5, 5.41) is 9.38. The molecule has 3 aromatic rings. The number of rotatable bonds is 2. The minimum atomic E-state index is 0.613. The average molecular weight is 309 g/mol. The first-order valence-electron chi connectivity index (χ1n) is 7.45. The lowest BCUT2D eigenvalue weighted by Gasteiger charge is -2.23. The molecule has 1 saturated heterocycles. The van der Waals surface area contributed by atoms with Crippen LogP contribution in [0.4, 0.5) is 5.82 Å². The summed E-state index contributed by atoms with van der Waals surface area (Å²) in [5.74, 6) is 0.696. The normalized spacial score (nSPS) is 15.9. The second-order valence-electron chi connectivity index (χ2n) is 5.43. The van der Waals surface area contributed by atoms with E-state index in [0.29, 0.717) is 10.7 Å². The number of para-hydroxylation sites is 2. The van der Waals surface area contributed by atoms with E-state index in [9.17, 15) is 5.26 Å². The second-order valence-corrected chi connectivity index (χ2v) is 6.40. The van der Waals surface area contributed by atoms with E-state index >= 15 is 0 Å². The Bertz CT molecular complexity index is 892. The molecule has 0 saturated carbocycles. The topological polar surface area (TPSA) is 56.7 Å². The van der Waals surface area contributed by atoms with E-state index in [4.69, 9.17) is 0 Å². The van der Waals surface area contributed by atoms with Crippen LogP contribution in [0.1, 0.15) is 24.1 Å². The van der Waals surface area contributed by atoms with Gasteiger partial charge in [-0.1, -0.05) is 23.5 Å². The number of piperidine rings is 1. The fraction of sp³-hybridized carbons (Fsp3) is 0.312. The molecule has 0 radical (unpaired) electrons. The largest absolute Gasteiger partial charge is 0.363 e. The predicted molar refractivity (Wildman–Crippen MR) is 88.9 cm³/mol. The zero-order valence-corrected chi connectivity index (χ0v) is 12.9. The van der Waals surface area contributed by atoms with E-state index < -0.39 is 0 Å². The first-order valence-corrected chi connectivity index (χ1v) is 8.27. The van der Waals surface area contributed by atoms with Crippen molar-refractivity contribution in [3.8, 4) is 6.07 Å². The van der Waals surface area contributed by atoms with Crippen LogP contribution in [0, 0.1) is 11.3 Å². The third-order valence-corrected chi connectivity index (χ3v) is 4.91. The first-order chi connectivity index (χ1) is 10.9. The summed E-state index contributed by atoms with van der Waals surface area (Å²) in [4.78, 5) is 12.9. The second kappa shape index (κ2) is 5.43. The lowest BCUT2D eigenvalue weighted by atomic mass is 10.1. The Morgan fingerprint density at radius 1 is 1.23 bits per heavy atom. The molecule has 2 aromatic heterocycles. The molecule has 22 heavy (non-hydrogen) atoms. The molecule has 4 rings (SSSR count). The highest BCUT2D eigenvalue weighted by Gasteiger charge is 2.16. The SMILES string of the molecule is N#Cc1sc2nc3ccccc3n2c1/N=C/N1CCCCC1. The van der Waals surface area contributed by atoms with E-state index in [2.05, 4.69) is 20.9 Å². The zero-order chi connectivity index (χ0) is 14.9. The van der Waals surface area contributed by atoms with Gasteiger partial charge in [-0.05, 0) is 31.4 Å². The van der Waals surface area contributed by atoms with Gasteiger partial charge in [-0.15, -0.1) is 0 Å². The van der Waals surface area contributed by atoms with Crippen LogP contribution < -0.4 is 0 Å². The predicted octanol–water partition coefficient (Wildman–Crippen LogP) is 3.57. The molecule has 0 amide bonds. The van der Waals surface area contributed by atoms with E-state index in [1.165, 1.54) is 30.6 Å². The van der Waals surface area contributed by atoms with Gasteiger partial charge in [0, 0.05) is 13.1 Å². The van der Waals surface area contributed by atoms with Crippen molar-refractivity contribution in [1.29, 1.82) is 5.26 Å². The number of hydrogen-bond acceptors (Lipinski definition) is 4. The molecule has 110 valence electrons. The van der Waals surface area contributed by atoms with Crippen molar-refractivity contribution in [2.45, 2.75) is 19.3 Å². The summed E-state index contributed by atoms with van der Waals surface area (Å²) in [6, 6.07) is 10.2. The monoisotopic (exact) mass is 309 g/mol. The number of benzene rings is 1. The van der Waals surface area contributed by atoms with E-state index in [0.717, 1.165) is 29.1 Å². The van der Waals surface area contributed by atoms with Gasteiger partial charge in [-0.2, -0.15) is 5.26 Å². The minimum Gasteiger partial charge on any atom is -0.363 e. The van der Waals surface area contributed by atoms with Gasteiger partial charge in [0.2, 0.25) is 0 Å². The first kappa shape index (κ1) is 13.3. The summed E-state index contributed by atoms with van der Waals surface area (Å²) in [7, 11) is 0.